The van der Waals surface area contributed by atoms with Crippen LogP contribution in [-0.2, 0) is 23.9 Å². The van der Waals surface area contributed by atoms with E-state index in [1.54, 1.807) is 6.20 Å². The van der Waals surface area contributed by atoms with Crippen molar-refractivity contribution in [1.82, 2.24) is 24.5 Å². The molecule has 5 heterocycles. The largest absolute Gasteiger partial charge is 0.416 e. The molecule has 2 aliphatic heterocycles. The molecule has 1 aromatic carbocycles. The molecular formula is C27H24F4N6O2. The standard InChI is InChI=1S/C27H24F4N6O2/c1-14-10-16(7-8-32-14)20-13-36(12-15(2)39-20)26-34-22(18-6-5-17(11-19(18)28)27(29,30)31)23-24(35-26)25(38)37-9-3-4-21(37)33-23/h5-8,10-11,15,20H,3-4,9,12-13H2,1-2H3. The first kappa shape index (κ1) is 25.4. The molecule has 1 saturated heterocycles. The topological polar surface area (TPSA) is 86.0 Å². The predicted octanol–water partition coefficient (Wildman–Crippen LogP) is 4.63. The minimum Gasteiger partial charge on any atom is -0.367 e. The number of benzene rings is 1. The number of hydrogen-bond acceptors (Lipinski definition) is 7. The van der Waals surface area contributed by atoms with E-state index in [-0.39, 0.29) is 46.0 Å². The molecule has 0 spiro atoms. The lowest BCUT2D eigenvalue weighted by molar-refractivity contribution is -0.137. The number of rotatable bonds is 3. The average Bonchev–Trinajstić information content (AvgIpc) is 3.37. The number of morpholine rings is 1. The number of halogens is 4. The Balaban J connectivity index is 1.52. The number of fused-ring (bicyclic) bond motifs is 2. The van der Waals surface area contributed by atoms with Crippen molar-refractivity contribution in [3.8, 4) is 11.3 Å². The van der Waals surface area contributed by atoms with Crippen molar-refractivity contribution in [3.05, 3.63) is 75.3 Å². The Morgan fingerprint density at radius 3 is 2.62 bits per heavy atom. The lowest BCUT2D eigenvalue weighted by Crippen LogP contribution is -2.44. The molecule has 0 radical (unpaired) electrons. The number of alkyl halides is 3. The molecule has 4 aromatic rings. The summed E-state index contributed by atoms with van der Waals surface area (Å²) in [6, 6.07) is 6.04. The number of nitrogens with zero attached hydrogens (tertiary/aromatic N) is 6. The van der Waals surface area contributed by atoms with Gasteiger partial charge in [0.15, 0.2) is 5.52 Å². The van der Waals surface area contributed by atoms with Crippen molar-refractivity contribution in [2.45, 2.75) is 51.6 Å². The van der Waals surface area contributed by atoms with Crippen molar-refractivity contribution >= 4 is 17.0 Å². The number of pyridine rings is 1. The highest BCUT2D eigenvalue weighted by Crippen LogP contribution is 2.35. The third-order valence-electron chi connectivity index (χ3n) is 7.04. The summed E-state index contributed by atoms with van der Waals surface area (Å²) >= 11 is 0. The molecule has 0 saturated carbocycles. The molecule has 6 rings (SSSR count). The molecule has 2 atom stereocenters. The summed E-state index contributed by atoms with van der Waals surface area (Å²) < 4.78 is 62.6. The third-order valence-corrected chi connectivity index (χ3v) is 7.04. The molecule has 2 unspecified atom stereocenters. The van der Waals surface area contributed by atoms with Gasteiger partial charge in [0, 0.05) is 37.0 Å². The number of hydrogen-bond donors (Lipinski definition) is 0. The van der Waals surface area contributed by atoms with Crippen LogP contribution in [0.3, 0.4) is 0 Å². The Hall–Kier alpha value is -3.93. The fraction of sp³-hybridized carbons (Fsp3) is 0.370. The van der Waals surface area contributed by atoms with Gasteiger partial charge in [0.05, 0.1) is 18.2 Å². The van der Waals surface area contributed by atoms with E-state index in [0.29, 0.717) is 37.9 Å². The van der Waals surface area contributed by atoms with Gasteiger partial charge in [-0.2, -0.15) is 13.2 Å². The number of anilines is 1. The van der Waals surface area contributed by atoms with Gasteiger partial charge >= 0.3 is 6.18 Å². The van der Waals surface area contributed by atoms with Crippen LogP contribution in [-0.4, -0.2) is 43.7 Å². The van der Waals surface area contributed by atoms with Crippen LogP contribution in [0.5, 0.6) is 0 Å². The van der Waals surface area contributed by atoms with Gasteiger partial charge in [0.2, 0.25) is 5.95 Å². The summed E-state index contributed by atoms with van der Waals surface area (Å²) in [6.07, 6.45) is -2.32. The van der Waals surface area contributed by atoms with Crippen LogP contribution >= 0.6 is 0 Å². The van der Waals surface area contributed by atoms with E-state index in [1.165, 1.54) is 4.57 Å². The van der Waals surface area contributed by atoms with Gasteiger partial charge in [-0.15, -0.1) is 0 Å². The molecule has 0 aliphatic carbocycles. The summed E-state index contributed by atoms with van der Waals surface area (Å²) in [5.41, 5.74) is 0.0945. The van der Waals surface area contributed by atoms with Crippen LogP contribution in [0, 0.1) is 12.7 Å². The highest BCUT2D eigenvalue weighted by Gasteiger charge is 2.33. The van der Waals surface area contributed by atoms with Gasteiger partial charge in [0.1, 0.15) is 29.0 Å². The smallest absolute Gasteiger partial charge is 0.367 e. The van der Waals surface area contributed by atoms with E-state index in [0.717, 1.165) is 29.8 Å². The highest BCUT2D eigenvalue weighted by atomic mass is 19.4. The van der Waals surface area contributed by atoms with Crippen LogP contribution in [0.25, 0.3) is 22.3 Å². The van der Waals surface area contributed by atoms with Gasteiger partial charge in [-0.3, -0.25) is 14.3 Å². The monoisotopic (exact) mass is 540 g/mol. The summed E-state index contributed by atoms with van der Waals surface area (Å²) in [6.45, 7) is 4.99. The first-order valence-corrected chi connectivity index (χ1v) is 12.6. The van der Waals surface area contributed by atoms with Crippen molar-refractivity contribution in [1.29, 1.82) is 0 Å². The molecular weight excluding hydrogens is 516 g/mol. The third kappa shape index (κ3) is 4.62. The maximum Gasteiger partial charge on any atom is 0.416 e. The summed E-state index contributed by atoms with van der Waals surface area (Å²) in [5.74, 6) is -0.440. The van der Waals surface area contributed by atoms with Crippen LogP contribution in [0.2, 0.25) is 0 Å². The first-order valence-electron chi connectivity index (χ1n) is 12.6. The second kappa shape index (κ2) is 9.37. The zero-order chi connectivity index (χ0) is 27.5. The lowest BCUT2D eigenvalue weighted by Gasteiger charge is -2.37. The van der Waals surface area contributed by atoms with E-state index in [2.05, 4.69) is 19.9 Å². The maximum absolute atomic E-state index is 15.2. The number of aryl methyl sites for hydroxylation is 2. The maximum atomic E-state index is 15.2. The summed E-state index contributed by atoms with van der Waals surface area (Å²) in [4.78, 5) is 33.3. The van der Waals surface area contributed by atoms with E-state index < -0.39 is 17.6 Å². The Morgan fingerprint density at radius 1 is 1.05 bits per heavy atom. The number of ether oxygens (including phenoxy) is 1. The van der Waals surface area contributed by atoms with E-state index in [4.69, 9.17) is 4.74 Å². The number of aromatic nitrogens is 5. The second-order valence-electron chi connectivity index (χ2n) is 9.92. The van der Waals surface area contributed by atoms with Crippen molar-refractivity contribution in [3.63, 3.8) is 0 Å². The zero-order valence-electron chi connectivity index (χ0n) is 21.2. The molecule has 2 aliphatic rings. The molecule has 1 fully saturated rings. The molecule has 0 bridgehead atoms. The van der Waals surface area contributed by atoms with Crippen LogP contribution in [0.1, 0.15) is 42.1 Å². The van der Waals surface area contributed by atoms with Gasteiger partial charge in [0.25, 0.3) is 5.56 Å². The Bertz CT molecular complexity index is 1650. The molecule has 0 amide bonds. The van der Waals surface area contributed by atoms with Gasteiger partial charge in [-0.1, -0.05) is 0 Å². The Labute approximate surface area is 220 Å². The van der Waals surface area contributed by atoms with Crippen LogP contribution in [0.4, 0.5) is 23.5 Å². The minimum atomic E-state index is -4.71. The van der Waals surface area contributed by atoms with Crippen molar-refractivity contribution in [2.24, 2.45) is 0 Å². The van der Waals surface area contributed by atoms with Gasteiger partial charge in [-0.05, 0) is 56.2 Å². The summed E-state index contributed by atoms with van der Waals surface area (Å²) in [7, 11) is 0. The zero-order valence-corrected chi connectivity index (χ0v) is 21.2. The van der Waals surface area contributed by atoms with Crippen LogP contribution < -0.4 is 10.5 Å². The Morgan fingerprint density at radius 2 is 1.87 bits per heavy atom. The molecule has 39 heavy (non-hydrogen) atoms. The van der Waals surface area contributed by atoms with Gasteiger partial charge in [-0.25, -0.2) is 19.3 Å². The highest BCUT2D eigenvalue weighted by molar-refractivity contribution is 5.89. The van der Waals surface area contributed by atoms with Gasteiger partial charge < -0.3 is 9.64 Å². The van der Waals surface area contributed by atoms with E-state index in [1.807, 2.05) is 30.9 Å². The van der Waals surface area contributed by atoms with Crippen LogP contribution in [0.15, 0.2) is 41.3 Å². The average molecular weight is 541 g/mol. The second-order valence-corrected chi connectivity index (χ2v) is 9.92. The minimum absolute atomic E-state index is 0.00426. The fourth-order valence-electron chi connectivity index (χ4n) is 5.23. The molecule has 12 heteroatoms. The molecule has 0 N–H and O–H groups in total. The molecule has 3 aromatic heterocycles. The molecule has 202 valence electrons. The van der Waals surface area contributed by atoms with Crippen molar-refractivity contribution < 1.29 is 22.3 Å². The van der Waals surface area contributed by atoms with E-state index in [9.17, 15) is 18.0 Å². The normalized spacial score (nSPS) is 19.5. The molecule has 8 nitrogen and oxygen atoms in total. The predicted molar refractivity (Wildman–Crippen MR) is 135 cm³/mol. The lowest BCUT2D eigenvalue weighted by atomic mass is 10.1. The summed E-state index contributed by atoms with van der Waals surface area (Å²) in [5, 5.41) is 0. The van der Waals surface area contributed by atoms with Crippen molar-refractivity contribution in [2.75, 3.05) is 18.0 Å². The van der Waals surface area contributed by atoms with E-state index >= 15 is 4.39 Å². The fourth-order valence-corrected chi connectivity index (χ4v) is 5.23. The first-order chi connectivity index (χ1) is 18.6. The quantitative estimate of drug-likeness (QED) is 0.351. The Kier molecular flexibility index (Phi) is 6.09. The SMILES string of the molecule is Cc1cc(C2CN(c3nc(-c4ccc(C(F)(F)F)cc4F)c4nc5n(c(=O)c4n3)CCC5)CC(C)O2)ccn1.